The van der Waals surface area contributed by atoms with Crippen LogP contribution in [0.15, 0.2) is 42.5 Å². The van der Waals surface area contributed by atoms with Crippen LogP contribution in [0, 0.1) is 6.92 Å². The van der Waals surface area contributed by atoms with Gasteiger partial charge in [-0.05, 0) is 48.4 Å². The summed E-state index contributed by atoms with van der Waals surface area (Å²) < 4.78 is 37.8. The monoisotopic (exact) mass is 299 g/mol. The van der Waals surface area contributed by atoms with Crippen molar-refractivity contribution in [2.24, 2.45) is 0 Å². The molecular weight excluding hydrogens is 287 g/mol. The van der Waals surface area contributed by atoms with Crippen molar-refractivity contribution in [2.45, 2.75) is 19.6 Å². The van der Waals surface area contributed by atoms with Gasteiger partial charge in [0, 0.05) is 17.3 Å². The normalized spacial score (nSPS) is 11.4. The summed E-state index contributed by atoms with van der Waals surface area (Å²) in [6.45, 7) is 2.36. The Labute approximate surface area is 120 Å². The second kappa shape index (κ2) is 5.75. The lowest BCUT2D eigenvalue weighted by atomic mass is 10.1. The van der Waals surface area contributed by atoms with Crippen molar-refractivity contribution in [3.05, 3.63) is 64.2 Å². The number of benzene rings is 2. The Kier molecular flexibility index (Phi) is 4.23. The maximum absolute atomic E-state index is 12.6. The summed E-state index contributed by atoms with van der Waals surface area (Å²) in [5, 5.41) is 3.63. The highest BCUT2D eigenvalue weighted by Crippen LogP contribution is 2.30. The van der Waals surface area contributed by atoms with E-state index >= 15 is 0 Å². The largest absolute Gasteiger partial charge is 0.416 e. The number of hydrogen-bond donors (Lipinski definition) is 1. The number of aryl methyl sites for hydroxylation is 1. The lowest BCUT2D eigenvalue weighted by Crippen LogP contribution is -2.06. The van der Waals surface area contributed by atoms with Crippen LogP contribution in [0.2, 0.25) is 5.02 Å². The van der Waals surface area contributed by atoms with Gasteiger partial charge in [0.1, 0.15) is 0 Å². The van der Waals surface area contributed by atoms with E-state index in [1.165, 1.54) is 6.07 Å². The zero-order chi connectivity index (χ0) is 14.8. The molecule has 0 atom stereocenters. The van der Waals surface area contributed by atoms with Crippen molar-refractivity contribution in [3.8, 4) is 0 Å². The van der Waals surface area contributed by atoms with E-state index in [9.17, 15) is 13.2 Å². The maximum Gasteiger partial charge on any atom is 0.416 e. The first kappa shape index (κ1) is 14.7. The Balaban J connectivity index is 2.11. The second-order valence-electron chi connectivity index (χ2n) is 4.50. The van der Waals surface area contributed by atoms with E-state index in [0.717, 1.165) is 23.3 Å². The van der Waals surface area contributed by atoms with Crippen molar-refractivity contribution in [1.29, 1.82) is 0 Å². The molecule has 1 nitrogen and oxygen atoms in total. The van der Waals surface area contributed by atoms with Gasteiger partial charge in [0.15, 0.2) is 0 Å². The highest BCUT2D eigenvalue weighted by Gasteiger charge is 2.30. The van der Waals surface area contributed by atoms with Gasteiger partial charge in [-0.1, -0.05) is 23.7 Å². The van der Waals surface area contributed by atoms with E-state index in [1.54, 1.807) is 12.1 Å². The van der Waals surface area contributed by atoms with Gasteiger partial charge in [-0.3, -0.25) is 0 Å². The van der Waals surface area contributed by atoms with E-state index < -0.39 is 11.7 Å². The van der Waals surface area contributed by atoms with Crippen LogP contribution in [0.3, 0.4) is 0 Å². The zero-order valence-electron chi connectivity index (χ0n) is 10.8. The predicted octanol–water partition coefficient (Wildman–Crippen LogP) is 5.28. The second-order valence-corrected chi connectivity index (χ2v) is 4.94. The molecule has 106 valence electrons. The van der Waals surface area contributed by atoms with Crippen LogP contribution in [0.4, 0.5) is 18.9 Å². The number of nitrogens with one attached hydrogen (secondary N) is 1. The SMILES string of the molecule is Cc1cc(Cl)ccc1CNc1cccc(C(F)(F)F)c1. The Morgan fingerprint density at radius 2 is 1.85 bits per heavy atom. The number of rotatable bonds is 3. The molecule has 1 N–H and O–H groups in total. The molecule has 0 spiro atoms. The van der Waals surface area contributed by atoms with Gasteiger partial charge in [-0.2, -0.15) is 13.2 Å². The molecule has 0 saturated heterocycles. The first-order valence-electron chi connectivity index (χ1n) is 6.02. The molecule has 0 aliphatic rings. The molecule has 0 saturated carbocycles. The van der Waals surface area contributed by atoms with Crippen molar-refractivity contribution in [2.75, 3.05) is 5.32 Å². The van der Waals surface area contributed by atoms with E-state index in [2.05, 4.69) is 5.32 Å². The molecule has 0 aliphatic carbocycles. The average Bonchev–Trinajstić information content (AvgIpc) is 2.37. The van der Waals surface area contributed by atoms with Crippen LogP contribution in [0.25, 0.3) is 0 Å². The van der Waals surface area contributed by atoms with E-state index in [0.29, 0.717) is 17.3 Å². The van der Waals surface area contributed by atoms with Gasteiger partial charge >= 0.3 is 6.18 Å². The van der Waals surface area contributed by atoms with Crippen molar-refractivity contribution >= 4 is 17.3 Å². The molecular formula is C15H13ClF3N. The lowest BCUT2D eigenvalue weighted by molar-refractivity contribution is -0.137. The summed E-state index contributed by atoms with van der Waals surface area (Å²) >= 11 is 5.86. The molecule has 5 heteroatoms. The Morgan fingerprint density at radius 1 is 1.10 bits per heavy atom. The number of anilines is 1. The van der Waals surface area contributed by atoms with Crippen LogP contribution >= 0.6 is 11.6 Å². The third kappa shape index (κ3) is 3.67. The summed E-state index contributed by atoms with van der Waals surface area (Å²) in [5.41, 5.74) is 1.77. The van der Waals surface area contributed by atoms with Crippen molar-refractivity contribution in [1.82, 2.24) is 0 Å². The minimum atomic E-state index is -4.33. The van der Waals surface area contributed by atoms with Crippen LogP contribution < -0.4 is 5.32 Å². The summed E-state index contributed by atoms with van der Waals surface area (Å²) in [4.78, 5) is 0. The predicted molar refractivity (Wildman–Crippen MR) is 75.0 cm³/mol. The fourth-order valence-electron chi connectivity index (χ4n) is 1.86. The highest BCUT2D eigenvalue weighted by atomic mass is 35.5. The Morgan fingerprint density at radius 3 is 2.50 bits per heavy atom. The molecule has 20 heavy (non-hydrogen) atoms. The molecule has 2 aromatic rings. The van der Waals surface area contributed by atoms with Gasteiger partial charge < -0.3 is 5.32 Å². The van der Waals surface area contributed by atoms with Crippen LogP contribution in [0.1, 0.15) is 16.7 Å². The molecule has 0 unspecified atom stereocenters. The maximum atomic E-state index is 12.6. The summed E-state index contributed by atoms with van der Waals surface area (Å²) in [6.07, 6.45) is -4.33. The zero-order valence-corrected chi connectivity index (χ0v) is 11.5. The minimum Gasteiger partial charge on any atom is -0.381 e. The van der Waals surface area contributed by atoms with Crippen LogP contribution in [0.5, 0.6) is 0 Å². The lowest BCUT2D eigenvalue weighted by Gasteiger charge is -2.12. The average molecular weight is 300 g/mol. The third-order valence-electron chi connectivity index (χ3n) is 2.98. The highest BCUT2D eigenvalue weighted by molar-refractivity contribution is 6.30. The summed E-state index contributed by atoms with van der Waals surface area (Å²) in [6, 6.07) is 10.6. The first-order chi connectivity index (χ1) is 9.36. The molecule has 0 aromatic heterocycles. The van der Waals surface area contributed by atoms with Crippen LogP contribution in [-0.2, 0) is 12.7 Å². The molecule has 2 aromatic carbocycles. The van der Waals surface area contributed by atoms with Gasteiger partial charge in [0.2, 0.25) is 0 Å². The smallest absolute Gasteiger partial charge is 0.381 e. The third-order valence-corrected chi connectivity index (χ3v) is 3.21. The topological polar surface area (TPSA) is 12.0 Å². The first-order valence-corrected chi connectivity index (χ1v) is 6.40. The summed E-state index contributed by atoms with van der Waals surface area (Å²) in [5.74, 6) is 0. The van der Waals surface area contributed by atoms with Crippen molar-refractivity contribution in [3.63, 3.8) is 0 Å². The number of halogens is 4. The fourth-order valence-corrected chi connectivity index (χ4v) is 2.09. The van der Waals surface area contributed by atoms with E-state index in [4.69, 9.17) is 11.6 Å². The number of hydrogen-bond acceptors (Lipinski definition) is 1. The van der Waals surface area contributed by atoms with Gasteiger partial charge in [0.25, 0.3) is 0 Å². The molecule has 0 bridgehead atoms. The molecule has 0 aliphatic heterocycles. The number of alkyl halides is 3. The fraction of sp³-hybridized carbons (Fsp3) is 0.200. The molecule has 0 heterocycles. The molecule has 0 radical (unpaired) electrons. The quantitative estimate of drug-likeness (QED) is 0.813. The van der Waals surface area contributed by atoms with E-state index in [-0.39, 0.29) is 0 Å². The van der Waals surface area contributed by atoms with Crippen LogP contribution in [-0.4, -0.2) is 0 Å². The Hall–Kier alpha value is -1.68. The molecule has 2 rings (SSSR count). The van der Waals surface area contributed by atoms with Crippen molar-refractivity contribution < 1.29 is 13.2 Å². The molecule has 0 fully saturated rings. The molecule has 0 amide bonds. The minimum absolute atomic E-state index is 0.439. The van der Waals surface area contributed by atoms with Gasteiger partial charge in [0.05, 0.1) is 5.56 Å². The standard InChI is InChI=1S/C15H13ClF3N/c1-10-7-13(16)6-5-11(10)9-20-14-4-2-3-12(8-14)15(17,18)19/h2-8,20H,9H2,1H3. The summed E-state index contributed by atoms with van der Waals surface area (Å²) in [7, 11) is 0. The van der Waals surface area contributed by atoms with E-state index in [1.807, 2.05) is 19.1 Å². The van der Waals surface area contributed by atoms with Gasteiger partial charge in [-0.15, -0.1) is 0 Å². The van der Waals surface area contributed by atoms with Gasteiger partial charge in [-0.25, -0.2) is 0 Å². The Bertz CT molecular complexity index is 608.